The summed E-state index contributed by atoms with van der Waals surface area (Å²) in [6, 6.07) is 8.40. The van der Waals surface area contributed by atoms with Gasteiger partial charge in [0.15, 0.2) is 0 Å². The number of nitrogens with zero attached hydrogens (tertiary/aromatic N) is 1. The second-order valence-electron chi connectivity index (χ2n) is 5.27. The first-order valence-corrected chi connectivity index (χ1v) is 6.83. The van der Waals surface area contributed by atoms with Gasteiger partial charge in [-0.1, -0.05) is 26.8 Å². The number of aryl methyl sites for hydroxylation is 1. The van der Waals surface area contributed by atoms with Crippen molar-refractivity contribution in [1.29, 1.82) is 0 Å². The Morgan fingerprint density at radius 2 is 2.11 bits per heavy atom. The second kappa shape index (κ2) is 5.91. The van der Waals surface area contributed by atoms with E-state index >= 15 is 0 Å². The summed E-state index contributed by atoms with van der Waals surface area (Å²) in [5.74, 6) is 0.197. The lowest BCUT2D eigenvalue weighted by molar-refractivity contribution is -0.145. The van der Waals surface area contributed by atoms with Crippen molar-refractivity contribution in [3.63, 3.8) is 0 Å². The average molecular weight is 259 g/mol. The van der Waals surface area contributed by atoms with E-state index in [0.29, 0.717) is 12.5 Å². The zero-order valence-corrected chi connectivity index (χ0v) is 11.8. The molecule has 0 saturated heterocycles. The molecule has 0 aliphatic rings. The molecule has 0 aliphatic carbocycles. The summed E-state index contributed by atoms with van der Waals surface area (Å²) in [7, 11) is 0. The highest BCUT2D eigenvalue weighted by Gasteiger charge is 2.08. The van der Waals surface area contributed by atoms with Crippen LogP contribution in [0.5, 0.6) is 0 Å². The Hall–Kier alpha value is -1.77. The predicted octanol–water partition coefficient (Wildman–Crippen LogP) is 3.40. The van der Waals surface area contributed by atoms with E-state index in [1.165, 1.54) is 10.9 Å². The van der Waals surface area contributed by atoms with E-state index in [2.05, 4.69) is 25.1 Å². The van der Waals surface area contributed by atoms with Crippen LogP contribution in [0.2, 0.25) is 0 Å². The van der Waals surface area contributed by atoms with Gasteiger partial charge in [-0.25, -0.2) is 0 Å². The number of esters is 1. The standard InChI is InChI=1S/C16H21NO2/c1-4-13-5-6-15-14(9-13)7-8-17(15)10-16(18)19-11-12(2)3/h5-9,12H,4,10-11H2,1-3H3. The van der Waals surface area contributed by atoms with E-state index in [4.69, 9.17) is 4.74 Å². The lowest BCUT2D eigenvalue weighted by Gasteiger charge is -2.09. The van der Waals surface area contributed by atoms with E-state index < -0.39 is 0 Å². The number of hydrogen-bond acceptors (Lipinski definition) is 2. The van der Waals surface area contributed by atoms with Crippen LogP contribution in [-0.4, -0.2) is 17.1 Å². The van der Waals surface area contributed by atoms with Crippen LogP contribution in [0, 0.1) is 5.92 Å². The predicted molar refractivity (Wildman–Crippen MR) is 77.1 cm³/mol. The van der Waals surface area contributed by atoms with Gasteiger partial charge in [0, 0.05) is 11.7 Å². The smallest absolute Gasteiger partial charge is 0.325 e. The lowest BCUT2D eigenvalue weighted by Crippen LogP contribution is -2.15. The maximum atomic E-state index is 11.7. The third kappa shape index (κ3) is 3.37. The van der Waals surface area contributed by atoms with Gasteiger partial charge >= 0.3 is 5.97 Å². The molecule has 0 spiro atoms. The van der Waals surface area contributed by atoms with Crippen LogP contribution >= 0.6 is 0 Å². The summed E-state index contributed by atoms with van der Waals surface area (Å²) in [4.78, 5) is 11.7. The Labute approximate surface area is 114 Å². The number of carbonyl (C=O) groups excluding carboxylic acids is 1. The second-order valence-corrected chi connectivity index (χ2v) is 5.27. The number of rotatable bonds is 5. The first kappa shape index (κ1) is 13.7. The number of benzene rings is 1. The molecule has 1 aromatic heterocycles. The molecule has 102 valence electrons. The Kier molecular flexibility index (Phi) is 4.25. The van der Waals surface area contributed by atoms with Gasteiger partial charge in [-0.2, -0.15) is 0 Å². The van der Waals surface area contributed by atoms with Crippen molar-refractivity contribution in [3.05, 3.63) is 36.0 Å². The molecule has 0 aliphatic heterocycles. The maximum absolute atomic E-state index is 11.7. The molecule has 3 heteroatoms. The molecule has 0 amide bonds. The Bertz CT molecular complexity index is 569. The number of ether oxygens (including phenoxy) is 1. The average Bonchev–Trinajstić information content (AvgIpc) is 2.78. The summed E-state index contributed by atoms with van der Waals surface area (Å²) in [5.41, 5.74) is 2.39. The summed E-state index contributed by atoms with van der Waals surface area (Å²) in [6.45, 7) is 6.97. The van der Waals surface area contributed by atoms with E-state index in [1.807, 2.05) is 30.7 Å². The highest BCUT2D eigenvalue weighted by Crippen LogP contribution is 2.18. The molecule has 0 N–H and O–H groups in total. The van der Waals surface area contributed by atoms with E-state index in [0.717, 1.165) is 11.9 Å². The fourth-order valence-corrected chi connectivity index (χ4v) is 2.05. The topological polar surface area (TPSA) is 31.2 Å². The van der Waals surface area contributed by atoms with Gasteiger partial charge in [0.25, 0.3) is 0 Å². The summed E-state index contributed by atoms with van der Waals surface area (Å²) in [6.07, 6.45) is 2.97. The minimum Gasteiger partial charge on any atom is -0.464 e. The number of hydrogen-bond donors (Lipinski definition) is 0. The normalized spacial score (nSPS) is 11.2. The van der Waals surface area contributed by atoms with Crippen LogP contribution in [0.1, 0.15) is 26.3 Å². The van der Waals surface area contributed by atoms with Crippen LogP contribution in [-0.2, 0) is 22.5 Å². The molecule has 0 saturated carbocycles. The van der Waals surface area contributed by atoms with Gasteiger partial charge in [0.1, 0.15) is 6.54 Å². The fraction of sp³-hybridized carbons (Fsp3) is 0.438. The molecule has 0 radical (unpaired) electrons. The quantitative estimate of drug-likeness (QED) is 0.771. The highest BCUT2D eigenvalue weighted by molar-refractivity contribution is 5.82. The minimum absolute atomic E-state index is 0.175. The molecule has 1 heterocycles. The summed E-state index contributed by atoms with van der Waals surface area (Å²) < 4.78 is 7.15. The van der Waals surface area contributed by atoms with E-state index in [9.17, 15) is 4.79 Å². The van der Waals surface area contributed by atoms with Gasteiger partial charge in [0.2, 0.25) is 0 Å². The van der Waals surface area contributed by atoms with E-state index in [1.54, 1.807) is 0 Å². The molecule has 3 nitrogen and oxygen atoms in total. The van der Waals surface area contributed by atoms with Gasteiger partial charge in [-0.3, -0.25) is 4.79 Å². The third-order valence-corrected chi connectivity index (χ3v) is 3.12. The van der Waals surface area contributed by atoms with Gasteiger partial charge in [-0.15, -0.1) is 0 Å². The third-order valence-electron chi connectivity index (χ3n) is 3.12. The molecule has 0 unspecified atom stereocenters. The van der Waals surface area contributed by atoms with Crippen LogP contribution < -0.4 is 0 Å². The van der Waals surface area contributed by atoms with Gasteiger partial charge in [-0.05, 0) is 41.5 Å². The Morgan fingerprint density at radius 3 is 2.79 bits per heavy atom. The summed E-state index contributed by atoms with van der Waals surface area (Å²) >= 11 is 0. The van der Waals surface area contributed by atoms with Crippen molar-refractivity contribution in [2.24, 2.45) is 5.92 Å². The largest absolute Gasteiger partial charge is 0.464 e. The zero-order chi connectivity index (χ0) is 13.8. The first-order chi connectivity index (χ1) is 9.10. The number of fused-ring (bicyclic) bond motifs is 1. The van der Waals surface area contributed by atoms with Crippen molar-refractivity contribution in [2.45, 2.75) is 33.7 Å². The summed E-state index contributed by atoms with van der Waals surface area (Å²) in [5, 5.41) is 1.18. The molecular formula is C16H21NO2. The van der Waals surface area contributed by atoms with Crippen LogP contribution in [0.25, 0.3) is 10.9 Å². The minimum atomic E-state index is -0.175. The van der Waals surface area contributed by atoms with Gasteiger partial charge in [0.05, 0.1) is 6.61 Å². The molecule has 2 aromatic rings. The van der Waals surface area contributed by atoms with E-state index in [-0.39, 0.29) is 12.5 Å². The van der Waals surface area contributed by atoms with Crippen molar-refractivity contribution < 1.29 is 9.53 Å². The lowest BCUT2D eigenvalue weighted by atomic mass is 10.1. The zero-order valence-electron chi connectivity index (χ0n) is 11.8. The molecule has 0 fully saturated rings. The molecule has 0 atom stereocenters. The van der Waals surface area contributed by atoms with Crippen molar-refractivity contribution >= 4 is 16.9 Å². The number of aromatic nitrogens is 1. The maximum Gasteiger partial charge on any atom is 0.325 e. The molecular weight excluding hydrogens is 238 g/mol. The molecule has 1 aromatic carbocycles. The molecule has 0 bridgehead atoms. The van der Waals surface area contributed by atoms with Crippen molar-refractivity contribution in [2.75, 3.05) is 6.61 Å². The fourth-order valence-electron chi connectivity index (χ4n) is 2.05. The number of carbonyl (C=O) groups is 1. The highest BCUT2D eigenvalue weighted by atomic mass is 16.5. The Balaban J connectivity index is 2.11. The van der Waals surface area contributed by atoms with Crippen LogP contribution in [0.4, 0.5) is 0 Å². The Morgan fingerprint density at radius 1 is 1.32 bits per heavy atom. The van der Waals surface area contributed by atoms with Crippen molar-refractivity contribution in [3.8, 4) is 0 Å². The molecule has 19 heavy (non-hydrogen) atoms. The van der Waals surface area contributed by atoms with Gasteiger partial charge < -0.3 is 9.30 Å². The SMILES string of the molecule is CCc1ccc2c(ccn2CC(=O)OCC(C)C)c1. The van der Waals surface area contributed by atoms with Crippen LogP contribution in [0.15, 0.2) is 30.5 Å². The molecule has 2 rings (SSSR count). The van der Waals surface area contributed by atoms with Crippen molar-refractivity contribution in [1.82, 2.24) is 4.57 Å². The monoisotopic (exact) mass is 259 g/mol. The van der Waals surface area contributed by atoms with Crippen LogP contribution in [0.3, 0.4) is 0 Å². The first-order valence-electron chi connectivity index (χ1n) is 6.83.